The number of ether oxygens (including phenoxy) is 1. The van der Waals surface area contributed by atoms with Crippen molar-refractivity contribution in [3.8, 4) is 0 Å². The van der Waals surface area contributed by atoms with E-state index >= 15 is 0 Å². The number of nitrogens with zero attached hydrogens (tertiary/aromatic N) is 4. The summed E-state index contributed by atoms with van der Waals surface area (Å²) in [5, 5.41) is 20.6. The van der Waals surface area contributed by atoms with Gasteiger partial charge in [-0.25, -0.2) is 14.5 Å². The summed E-state index contributed by atoms with van der Waals surface area (Å²) in [6.07, 6.45) is -3.55. The van der Waals surface area contributed by atoms with Crippen LogP contribution in [0.15, 0.2) is 11.3 Å². The van der Waals surface area contributed by atoms with Gasteiger partial charge < -0.3 is 35.4 Å². The van der Waals surface area contributed by atoms with Crippen LogP contribution in [0.2, 0.25) is 0 Å². The van der Waals surface area contributed by atoms with E-state index in [4.69, 9.17) is 20.3 Å². The fourth-order valence-electron chi connectivity index (χ4n) is 2.58. The van der Waals surface area contributed by atoms with Gasteiger partial charge in [0.15, 0.2) is 11.7 Å². The van der Waals surface area contributed by atoms with Gasteiger partial charge in [0.2, 0.25) is 0 Å². The molecule has 2 aliphatic rings. The molecule has 0 radical (unpaired) electrons. The predicted molar refractivity (Wildman–Crippen MR) is 77.2 cm³/mol. The van der Waals surface area contributed by atoms with Crippen molar-refractivity contribution < 1.29 is 33.8 Å². The average molecular weight is 363 g/mol. The Kier molecular flexibility index (Phi) is 4.38. The Morgan fingerprint density at radius 3 is 2.83 bits per heavy atom. The number of phosphoric acid groups is 1. The van der Waals surface area contributed by atoms with Crippen LogP contribution in [0, 0.1) is 0 Å². The number of imidazole rings is 1. The molecule has 0 bridgehead atoms. The Bertz CT molecular complexity index is 791. The zero-order valence-electron chi connectivity index (χ0n) is 12.6. The van der Waals surface area contributed by atoms with Crippen LogP contribution in [0.4, 0.5) is 0 Å². The van der Waals surface area contributed by atoms with Gasteiger partial charge in [-0.15, -0.1) is 0 Å². The summed E-state index contributed by atoms with van der Waals surface area (Å²) in [5.41, 5.74) is 6.32. The van der Waals surface area contributed by atoms with Crippen molar-refractivity contribution in [3.63, 3.8) is 0 Å². The monoisotopic (exact) mass is 363 g/mol. The fourth-order valence-corrected chi connectivity index (χ4v) is 2.92. The standard InChI is InChI=1S/C11H18N5O7P/c1-15-3-14-10-6(9(15)12)13-4-16(10)11-8(18)7(17)5(23-11)2-22-24(19,20)21/h4-5,7-8,11,17-18H,2-3,12H2,1H3,(H2,19,20,21)/t5-,7-,8-,11-/m1/s1. The normalized spacial score (nSPS) is 30.4. The molecule has 2 aliphatic heterocycles. The molecule has 1 saturated heterocycles. The van der Waals surface area contributed by atoms with Crippen molar-refractivity contribution in [2.24, 2.45) is 10.7 Å². The Hall–Kier alpha value is -1.53. The van der Waals surface area contributed by atoms with Crippen LogP contribution >= 0.6 is 7.82 Å². The number of phosphoric ester groups is 1. The van der Waals surface area contributed by atoms with Crippen molar-refractivity contribution in [3.05, 3.63) is 17.2 Å². The molecule has 1 aromatic rings. The third-order valence-electron chi connectivity index (χ3n) is 3.87. The third-order valence-corrected chi connectivity index (χ3v) is 4.36. The van der Waals surface area contributed by atoms with Crippen LogP contribution in [0.5, 0.6) is 0 Å². The first-order valence-corrected chi connectivity index (χ1v) is 8.52. The number of aromatic nitrogens is 2. The van der Waals surface area contributed by atoms with Crippen molar-refractivity contribution in [1.29, 1.82) is 0 Å². The van der Waals surface area contributed by atoms with Crippen LogP contribution in [0.3, 0.4) is 0 Å². The highest BCUT2D eigenvalue weighted by Gasteiger charge is 2.45. The molecule has 134 valence electrons. The fraction of sp³-hybridized carbons (Fsp3) is 0.636. The topological polar surface area (TPSA) is 176 Å². The van der Waals surface area contributed by atoms with E-state index in [1.165, 1.54) is 10.9 Å². The zero-order valence-corrected chi connectivity index (χ0v) is 13.5. The highest BCUT2D eigenvalue weighted by molar-refractivity contribution is 7.46. The molecule has 0 amide bonds. The van der Waals surface area contributed by atoms with Gasteiger partial charge in [0.05, 0.1) is 12.9 Å². The van der Waals surface area contributed by atoms with Crippen molar-refractivity contribution >= 4 is 13.6 Å². The van der Waals surface area contributed by atoms with Crippen molar-refractivity contribution in [1.82, 2.24) is 14.5 Å². The molecular weight excluding hydrogens is 345 g/mol. The van der Waals surface area contributed by atoms with E-state index in [1.807, 2.05) is 0 Å². The molecule has 3 heterocycles. The smallest absolute Gasteiger partial charge is 0.387 e. The number of fused-ring (bicyclic) bond motifs is 1. The van der Waals surface area contributed by atoms with E-state index in [0.717, 1.165) is 0 Å². The van der Waals surface area contributed by atoms with Crippen molar-refractivity contribution in [2.45, 2.75) is 24.5 Å². The lowest BCUT2D eigenvalue weighted by Crippen LogP contribution is -2.46. The number of hydrogen-bond acceptors (Lipinski definition) is 9. The number of nitrogens with two attached hydrogens (primary N) is 1. The number of rotatable bonds is 4. The molecule has 12 nitrogen and oxygen atoms in total. The minimum Gasteiger partial charge on any atom is -0.387 e. The Balaban J connectivity index is 1.87. The summed E-state index contributed by atoms with van der Waals surface area (Å²) in [7, 11) is -2.96. The van der Waals surface area contributed by atoms with E-state index in [9.17, 15) is 14.8 Å². The third kappa shape index (κ3) is 3.05. The van der Waals surface area contributed by atoms with Crippen LogP contribution in [0.1, 0.15) is 6.23 Å². The summed E-state index contributed by atoms with van der Waals surface area (Å²) in [6, 6.07) is 0. The molecule has 4 atom stereocenters. The lowest BCUT2D eigenvalue weighted by Gasteiger charge is -2.20. The molecule has 1 aromatic heterocycles. The van der Waals surface area contributed by atoms with Gasteiger partial charge in [-0.3, -0.25) is 9.09 Å². The van der Waals surface area contributed by atoms with Gasteiger partial charge in [-0.05, 0) is 0 Å². The quantitative estimate of drug-likeness (QED) is 0.333. The Morgan fingerprint density at radius 2 is 2.17 bits per heavy atom. The molecule has 0 spiro atoms. The van der Waals surface area contributed by atoms with Gasteiger partial charge in [0.25, 0.3) is 0 Å². The van der Waals surface area contributed by atoms with Crippen LogP contribution < -0.4 is 16.6 Å². The van der Waals surface area contributed by atoms with E-state index in [1.54, 1.807) is 11.9 Å². The molecule has 0 unspecified atom stereocenters. The van der Waals surface area contributed by atoms with Crippen LogP contribution in [0.25, 0.3) is 5.82 Å². The van der Waals surface area contributed by atoms with Gasteiger partial charge in [-0.1, -0.05) is 0 Å². The number of aliphatic hydroxyl groups excluding tert-OH is 2. The molecule has 13 heteroatoms. The van der Waals surface area contributed by atoms with E-state index < -0.39 is 39.0 Å². The molecule has 6 N–H and O–H groups in total. The first kappa shape index (κ1) is 17.3. The number of hydrogen-bond donors (Lipinski definition) is 5. The SMILES string of the molecule is CN1CN=c2c(ncn2[C@@H]2O[C@H](COP(=O)(O)O)[C@@H](O)[C@H]2O)=C1N. The van der Waals surface area contributed by atoms with Crippen LogP contribution in [-0.2, 0) is 13.8 Å². The molecule has 3 rings (SSSR count). The second-order valence-corrected chi connectivity index (χ2v) is 6.78. The minimum absolute atomic E-state index is 0.292. The zero-order chi connectivity index (χ0) is 17.6. The van der Waals surface area contributed by atoms with E-state index in [2.05, 4.69) is 14.5 Å². The van der Waals surface area contributed by atoms with Crippen LogP contribution in [-0.4, -0.2) is 73.1 Å². The van der Waals surface area contributed by atoms with E-state index in [0.29, 0.717) is 23.3 Å². The van der Waals surface area contributed by atoms with Gasteiger partial charge in [0, 0.05) is 7.05 Å². The lowest BCUT2D eigenvalue weighted by molar-refractivity contribution is -0.0539. The summed E-state index contributed by atoms with van der Waals surface area (Å²) in [4.78, 5) is 27.6. The molecule has 24 heavy (non-hydrogen) atoms. The number of aliphatic hydroxyl groups is 2. The van der Waals surface area contributed by atoms with Gasteiger partial charge >= 0.3 is 7.82 Å². The molecule has 0 aliphatic carbocycles. The Labute approximate surface area is 135 Å². The first-order valence-electron chi connectivity index (χ1n) is 6.99. The highest BCUT2D eigenvalue weighted by Crippen LogP contribution is 2.38. The highest BCUT2D eigenvalue weighted by atomic mass is 31.2. The predicted octanol–water partition coefficient (Wildman–Crippen LogP) is -3.84. The summed E-state index contributed by atoms with van der Waals surface area (Å²) in [5.74, 6) is 0.410. The minimum atomic E-state index is -4.71. The summed E-state index contributed by atoms with van der Waals surface area (Å²) < 4.78 is 22.0. The second-order valence-electron chi connectivity index (χ2n) is 5.54. The average Bonchev–Trinajstić information content (AvgIpc) is 3.04. The lowest BCUT2D eigenvalue weighted by atomic mass is 10.1. The van der Waals surface area contributed by atoms with Gasteiger partial charge in [0.1, 0.15) is 36.2 Å². The largest absolute Gasteiger partial charge is 0.469 e. The summed E-state index contributed by atoms with van der Waals surface area (Å²) >= 11 is 0. The molecule has 0 aromatic carbocycles. The summed E-state index contributed by atoms with van der Waals surface area (Å²) in [6.45, 7) is -0.287. The first-order chi connectivity index (χ1) is 11.2. The maximum atomic E-state index is 10.8. The molecule has 1 fully saturated rings. The molecular formula is C11H18N5O7P. The Morgan fingerprint density at radius 1 is 1.46 bits per heavy atom. The second kappa shape index (κ2) is 6.08. The van der Waals surface area contributed by atoms with Crippen molar-refractivity contribution in [2.75, 3.05) is 20.3 Å². The maximum Gasteiger partial charge on any atom is 0.469 e. The van der Waals surface area contributed by atoms with E-state index in [-0.39, 0.29) is 0 Å². The molecule has 0 saturated carbocycles. The maximum absolute atomic E-state index is 10.8. The van der Waals surface area contributed by atoms with Gasteiger partial charge in [-0.2, -0.15) is 0 Å².